The molecule has 0 radical (unpaired) electrons. The Morgan fingerprint density at radius 2 is 1.83 bits per heavy atom. The Hall–Kier alpha value is -0.120. The minimum absolute atomic E-state index is 0.352. The molecule has 0 spiro atoms. The van der Waals surface area contributed by atoms with Crippen molar-refractivity contribution in [3.63, 3.8) is 0 Å². The summed E-state index contributed by atoms with van der Waals surface area (Å²) in [6.07, 6.45) is 1.88. The van der Waals surface area contributed by atoms with E-state index >= 15 is 0 Å². The molecular formula is C9H22N2O. The SMILES string of the molecule is CCC(CC)N(C)CC(O)CN. The molecule has 0 aromatic rings. The Labute approximate surface area is 75.6 Å². The van der Waals surface area contributed by atoms with Crippen molar-refractivity contribution >= 4 is 0 Å². The molecule has 0 rings (SSSR count). The summed E-state index contributed by atoms with van der Waals surface area (Å²) in [5.41, 5.74) is 5.33. The van der Waals surface area contributed by atoms with Gasteiger partial charge in [0.2, 0.25) is 0 Å². The van der Waals surface area contributed by atoms with Crippen LogP contribution in [-0.2, 0) is 0 Å². The summed E-state index contributed by atoms with van der Waals surface area (Å²) in [5.74, 6) is 0. The first kappa shape index (κ1) is 11.9. The van der Waals surface area contributed by atoms with Crippen molar-refractivity contribution in [3.05, 3.63) is 0 Å². The second-order valence-electron chi connectivity index (χ2n) is 3.30. The highest BCUT2D eigenvalue weighted by Crippen LogP contribution is 2.05. The van der Waals surface area contributed by atoms with Crippen LogP contribution in [0.5, 0.6) is 0 Å². The first-order chi connectivity index (χ1) is 5.65. The van der Waals surface area contributed by atoms with E-state index in [0.717, 1.165) is 12.8 Å². The summed E-state index contributed by atoms with van der Waals surface area (Å²) >= 11 is 0. The number of aliphatic hydroxyl groups excluding tert-OH is 1. The molecule has 0 aliphatic rings. The molecule has 3 heteroatoms. The van der Waals surface area contributed by atoms with Gasteiger partial charge >= 0.3 is 0 Å². The minimum atomic E-state index is -0.379. The van der Waals surface area contributed by atoms with E-state index < -0.39 is 0 Å². The Morgan fingerprint density at radius 3 is 2.17 bits per heavy atom. The number of nitrogens with zero attached hydrogens (tertiary/aromatic N) is 1. The zero-order valence-electron chi connectivity index (χ0n) is 8.45. The Balaban J connectivity index is 3.75. The molecule has 0 bridgehead atoms. The van der Waals surface area contributed by atoms with E-state index in [1.807, 2.05) is 7.05 Å². The summed E-state index contributed by atoms with van der Waals surface area (Å²) in [6, 6.07) is 0.575. The Kier molecular flexibility index (Phi) is 6.34. The van der Waals surface area contributed by atoms with Crippen LogP contribution < -0.4 is 5.73 Å². The molecule has 3 nitrogen and oxygen atoms in total. The van der Waals surface area contributed by atoms with E-state index in [1.165, 1.54) is 0 Å². The van der Waals surface area contributed by atoms with E-state index in [0.29, 0.717) is 19.1 Å². The van der Waals surface area contributed by atoms with Crippen molar-refractivity contribution in [2.75, 3.05) is 20.1 Å². The van der Waals surface area contributed by atoms with Crippen molar-refractivity contribution in [2.24, 2.45) is 5.73 Å². The summed E-state index contributed by atoms with van der Waals surface area (Å²) in [6.45, 7) is 5.37. The number of rotatable bonds is 6. The lowest BCUT2D eigenvalue weighted by Crippen LogP contribution is -2.39. The number of hydrogen-bond donors (Lipinski definition) is 2. The fourth-order valence-electron chi connectivity index (χ4n) is 1.47. The third kappa shape index (κ3) is 4.04. The average Bonchev–Trinajstić information content (AvgIpc) is 2.06. The second-order valence-corrected chi connectivity index (χ2v) is 3.30. The van der Waals surface area contributed by atoms with Crippen LogP contribution in [0, 0.1) is 0 Å². The molecule has 0 saturated heterocycles. The van der Waals surface area contributed by atoms with Gasteiger partial charge in [0.25, 0.3) is 0 Å². The van der Waals surface area contributed by atoms with E-state index in [4.69, 9.17) is 5.73 Å². The fraction of sp³-hybridized carbons (Fsp3) is 1.00. The second kappa shape index (κ2) is 6.40. The molecule has 3 N–H and O–H groups in total. The molecule has 0 fully saturated rings. The lowest BCUT2D eigenvalue weighted by Gasteiger charge is -2.27. The summed E-state index contributed by atoms with van der Waals surface area (Å²) < 4.78 is 0. The van der Waals surface area contributed by atoms with E-state index in [2.05, 4.69) is 18.7 Å². The topological polar surface area (TPSA) is 49.5 Å². The molecule has 0 aliphatic carbocycles. The highest BCUT2D eigenvalue weighted by molar-refractivity contribution is 4.69. The number of hydrogen-bond acceptors (Lipinski definition) is 3. The molecule has 0 amide bonds. The minimum Gasteiger partial charge on any atom is -0.390 e. The van der Waals surface area contributed by atoms with Gasteiger partial charge in [0, 0.05) is 19.1 Å². The normalized spacial score (nSPS) is 14.2. The predicted octanol–water partition coefficient (Wildman–Crippen LogP) is 0.426. The van der Waals surface area contributed by atoms with E-state index in [1.54, 1.807) is 0 Å². The number of aliphatic hydroxyl groups is 1. The van der Waals surface area contributed by atoms with Gasteiger partial charge in [-0.3, -0.25) is 0 Å². The van der Waals surface area contributed by atoms with Crippen LogP contribution in [0.4, 0.5) is 0 Å². The van der Waals surface area contributed by atoms with Crippen molar-refractivity contribution in [2.45, 2.75) is 38.8 Å². The molecular weight excluding hydrogens is 152 g/mol. The van der Waals surface area contributed by atoms with Gasteiger partial charge in [-0.1, -0.05) is 13.8 Å². The molecule has 0 aliphatic heterocycles. The van der Waals surface area contributed by atoms with E-state index in [-0.39, 0.29) is 6.10 Å². The standard InChI is InChI=1S/C9H22N2O/c1-4-8(5-2)11(3)7-9(12)6-10/h8-9,12H,4-7,10H2,1-3H3. The summed E-state index contributed by atoms with van der Waals surface area (Å²) in [5, 5.41) is 9.30. The number of nitrogens with two attached hydrogens (primary N) is 1. The van der Waals surface area contributed by atoms with Crippen LogP contribution in [-0.4, -0.2) is 42.3 Å². The molecule has 0 saturated carbocycles. The molecule has 0 aromatic carbocycles. The van der Waals surface area contributed by atoms with E-state index in [9.17, 15) is 5.11 Å². The van der Waals surface area contributed by atoms with Crippen LogP contribution >= 0.6 is 0 Å². The van der Waals surface area contributed by atoms with Crippen molar-refractivity contribution < 1.29 is 5.11 Å². The number of likely N-dealkylation sites (N-methyl/N-ethyl adjacent to an activating group) is 1. The highest BCUT2D eigenvalue weighted by atomic mass is 16.3. The largest absolute Gasteiger partial charge is 0.390 e. The first-order valence-electron chi connectivity index (χ1n) is 4.74. The molecule has 12 heavy (non-hydrogen) atoms. The molecule has 1 unspecified atom stereocenters. The van der Waals surface area contributed by atoms with Gasteiger partial charge in [0.1, 0.15) is 0 Å². The van der Waals surface area contributed by atoms with Gasteiger partial charge < -0.3 is 15.7 Å². The monoisotopic (exact) mass is 174 g/mol. The van der Waals surface area contributed by atoms with Crippen LogP contribution in [0.1, 0.15) is 26.7 Å². The third-order valence-electron chi connectivity index (χ3n) is 2.34. The zero-order chi connectivity index (χ0) is 9.56. The third-order valence-corrected chi connectivity index (χ3v) is 2.34. The molecule has 0 aromatic heterocycles. The van der Waals surface area contributed by atoms with Crippen LogP contribution in [0.25, 0.3) is 0 Å². The summed E-state index contributed by atoms with van der Waals surface area (Å²) in [7, 11) is 2.04. The molecule has 1 atom stereocenters. The van der Waals surface area contributed by atoms with Crippen molar-refractivity contribution in [1.29, 1.82) is 0 Å². The van der Waals surface area contributed by atoms with Gasteiger partial charge in [0.05, 0.1) is 6.10 Å². The maximum absolute atomic E-state index is 9.30. The Morgan fingerprint density at radius 1 is 1.33 bits per heavy atom. The van der Waals surface area contributed by atoms with Gasteiger partial charge in [-0.2, -0.15) is 0 Å². The van der Waals surface area contributed by atoms with Gasteiger partial charge in [0.15, 0.2) is 0 Å². The molecule has 74 valence electrons. The average molecular weight is 174 g/mol. The quantitative estimate of drug-likeness (QED) is 0.614. The van der Waals surface area contributed by atoms with Gasteiger partial charge in [-0.25, -0.2) is 0 Å². The van der Waals surface area contributed by atoms with Crippen molar-refractivity contribution in [1.82, 2.24) is 4.90 Å². The maximum Gasteiger partial charge on any atom is 0.0789 e. The maximum atomic E-state index is 9.30. The predicted molar refractivity (Wildman–Crippen MR) is 52.1 cm³/mol. The van der Waals surface area contributed by atoms with Gasteiger partial charge in [-0.15, -0.1) is 0 Å². The molecule has 0 heterocycles. The first-order valence-corrected chi connectivity index (χ1v) is 4.74. The fourth-order valence-corrected chi connectivity index (χ4v) is 1.47. The van der Waals surface area contributed by atoms with Crippen LogP contribution in [0.2, 0.25) is 0 Å². The Bertz CT molecular complexity index is 105. The lowest BCUT2D eigenvalue weighted by atomic mass is 10.1. The zero-order valence-corrected chi connectivity index (χ0v) is 8.45. The van der Waals surface area contributed by atoms with Crippen LogP contribution in [0.3, 0.4) is 0 Å². The smallest absolute Gasteiger partial charge is 0.0789 e. The van der Waals surface area contributed by atoms with Crippen LogP contribution in [0.15, 0.2) is 0 Å². The summed E-state index contributed by atoms with van der Waals surface area (Å²) in [4.78, 5) is 2.18. The lowest BCUT2D eigenvalue weighted by molar-refractivity contribution is 0.107. The van der Waals surface area contributed by atoms with Crippen molar-refractivity contribution in [3.8, 4) is 0 Å². The van der Waals surface area contributed by atoms with Gasteiger partial charge in [-0.05, 0) is 19.9 Å². The highest BCUT2D eigenvalue weighted by Gasteiger charge is 2.12.